The quantitative estimate of drug-likeness (QED) is 0.850. The van der Waals surface area contributed by atoms with Gasteiger partial charge in [-0.15, -0.1) is 0 Å². The van der Waals surface area contributed by atoms with Crippen LogP contribution >= 0.6 is 0 Å². The van der Waals surface area contributed by atoms with Crippen LogP contribution in [0.15, 0.2) is 24.3 Å². The lowest BCUT2D eigenvalue weighted by Gasteiger charge is -2.29. The Morgan fingerprint density at radius 3 is 2.76 bits per heavy atom. The highest BCUT2D eigenvalue weighted by Gasteiger charge is 2.33. The molecular weight excluding hydrogens is 214 g/mol. The molecule has 17 heavy (non-hydrogen) atoms. The SMILES string of the molecule is CCCC(C#N)C(C)(O)c1cccc(OC)c1. The van der Waals surface area contributed by atoms with Crippen LogP contribution < -0.4 is 4.74 Å². The lowest BCUT2D eigenvalue weighted by atomic mass is 9.81. The third kappa shape index (κ3) is 2.98. The topological polar surface area (TPSA) is 53.2 Å². The van der Waals surface area contributed by atoms with Crippen molar-refractivity contribution in [1.82, 2.24) is 0 Å². The minimum absolute atomic E-state index is 0.403. The average molecular weight is 233 g/mol. The van der Waals surface area contributed by atoms with E-state index in [9.17, 15) is 5.11 Å². The van der Waals surface area contributed by atoms with E-state index in [-0.39, 0.29) is 0 Å². The fourth-order valence-corrected chi connectivity index (χ4v) is 1.90. The molecule has 3 nitrogen and oxygen atoms in total. The molecule has 0 fully saturated rings. The fourth-order valence-electron chi connectivity index (χ4n) is 1.90. The molecule has 2 unspecified atom stereocenters. The summed E-state index contributed by atoms with van der Waals surface area (Å²) in [6, 6.07) is 9.43. The summed E-state index contributed by atoms with van der Waals surface area (Å²) in [6.45, 7) is 3.69. The number of hydrogen-bond acceptors (Lipinski definition) is 3. The van der Waals surface area contributed by atoms with Crippen molar-refractivity contribution < 1.29 is 9.84 Å². The first-order chi connectivity index (χ1) is 8.06. The molecular formula is C14H19NO2. The van der Waals surface area contributed by atoms with Crippen molar-refractivity contribution in [2.24, 2.45) is 5.92 Å². The van der Waals surface area contributed by atoms with Crippen molar-refractivity contribution in [2.75, 3.05) is 7.11 Å². The molecule has 0 aliphatic carbocycles. The van der Waals surface area contributed by atoms with E-state index in [2.05, 4.69) is 6.07 Å². The van der Waals surface area contributed by atoms with Gasteiger partial charge in [0.25, 0.3) is 0 Å². The Morgan fingerprint density at radius 2 is 2.24 bits per heavy atom. The second-order valence-corrected chi connectivity index (χ2v) is 4.35. The van der Waals surface area contributed by atoms with Gasteiger partial charge in [-0.2, -0.15) is 5.26 Å². The Hall–Kier alpha value is -1.53. The van der Waals surface area contributed by atoms with Crippen LogP contribution in [0.5, 0.6) is 5.75 Å². The van der Waals surface area contributed by atoms with Gasteiger partial charge >= 0.3 is 0 Å². The number of benzene rings is 1. The van der Waals surface area contributed by atoms with Gasteiger partial charge in [0, 0.05) is 0 Å². The van der Waals surface area contributed by atoms with E-state index < -0.39 is 11.5 Å². The summed E-state index contributed by atoms with van der Waals surface area (Å²) in [4.78, 5) is 0. The minimum Gasteiger partial charge on any atom is -0.497 e. The second kappa shape index (κ2) is 5.70. The summed E-state index contributed by atoms with van der Waals surface area (Å²) in [5, 5.41) is 19.7. The van der Waals surface area contributed by atoms with Crippen molar-refractivity contribution in [2.45, 2.75) is 32.3 Å². The Balaban J connectivity index is 3.06. The fraction of sp³-hybridized carbons (Fsp3) is 0.500. The first-order valence-electron chi connectivity index (χ1n) is 5.82. The van der Waals surface area contributed by atoms with Gasteiger partial charge in [-0.25, -0.2) is 0 Å². The molecule has 0 radical (unpaired) electrons. The standard InChI is InChI=1S/C14H19NO2/c1-4-6-12(10-15)14(2,16)11-7-5-8-13(9-11)17-3/h5,7-9,12,16H,4,6H2,1-3H3. The van der Waals surface area contributed by atoms with Gasteiger partial charge in [0.2, 0.25) is 0 Å². The Kier molecular flexibility index (Phi) is 4.53. The van der Waals surface area contributed by atoms with Gasteiger partial charge in [-0.1, -0.05) is 25.5 Å². The van der Waals surface area contributed by atoms with E-state index in [0.717, 1.165) is 12.0 Å². The number of rotatable bonds is 5. The highest BCUT2D eigenvalue weighted by Crippen LogP contribution is 2.33. The van der Waals surface area contributed by atoms with E-state index in [4.69, 9.17) is 10.00 Å². The lowest BCUT2D eigenvalue weighted by molar-refractivity contribution is 0.0129. The summed E-state index contributed by atoms with van der Waals surface area (Å²) in [5.41, 5.74) is -0.420. The second-order valence-electron chi connectivity index (χ2n) is 4.35. The molecule has 1 N–H and O–H groups in total. The molecule has 1 aromatic rings. The smallest absolute Gasteiger partial charge is 0.119 e. The predicted molar refractivity (Wildman–Crippen MR) is 66.6 cm³/mol. The van der Waals surface area contributed by atoms with Crippen LogP contribution in [0.3, 0.4) is 0 Å². The van der Waals surface area contributed by atoms with E-state index in [0.29, 0.717) is 12.2 Å². The average Bonchev–Trinajstić information content (AvgIpc) is 2.35. The highest BCUT2D eigenvalue weighted by atomic mass is 16.5. The molecule has 0 bridgehead atoms. The number of nitriles is 1. The molecule has 0 aromatic heterocycles. The van der Waals surface area contributed by atoms with E-state index >= 15 is 0 Å². The molecule has 3 heteroatoms. The maximum atomic E-state index is 10.5. The van der Waals surface area contributed by atoms with Gasteiger partial charge in [0.15, 0.2) is 0 Å². The molecule has 1 aromatic carbocycles. The van der Waals surface area contributed by atoms with Crippen LogP contribution in [0.25, 0.3) is 0 Å². The summed E-state index contributed by atoms with van der Waals surface area (Å²) >= 11 is 0. The third-order valence-corrected chi connectivity index (χ3v) is 3.07. The zero-order valence-electron chi connectivity index (χ0n) is 10.6. The zero-order chi connectivity index (χ0) is 12.9. The molecule has 0 aliphatic rings. The van der Waals surface area contributed by atoms with Gasteiger partial charge in [0.05, 0.1) is 19.1 Å². The molecule has 0 spiro atoms. The van der Waals surface area contributed by atoms with Crippen LogP contribution in [0, 0.1) is 17.2 Å². The van der Waals surface area contributed by atoms with E-state index in [1.165, 1.54) is 0 Å². The molecule has 0 amide bonds. The Bertz CT molecular complexity index is 407. The van der Waals surface area contributed by atoms with Crippen molar-refractivity contribution in [3.05, 3.63) is 29.8 Å². The first-order valence-corrected chi connectivity index (χ1v) is 5.82. The van der Waals surface area contributed by atoms with Crippen molar-refractivity contribution in [1.29, 1.82) is 5.26 Å². The van der Waals surface area contributed by atoms with Gasteiger partial charge in [-0.3, -0.25) is 0 Å². The normalized spacial score (nSPS) is 15.7. The predicted octanol–water partition coefficient (Wildman–Crippen LogP) is 2.84. The first kappa shape index (κ1) is 13.5. The lowest BCUT2D eigenvalue weighted by Crippen LogP contribution is -2.30. The van der Waals surface area contributed by atoms with Crippen LogP contribution in [-0.4, -0.2) is 12.2 Å². The van der Waals surface area contributed by atoms with Crippen LogP contribution in [0.1, 0.15) is 32.3 Å². The highest BCUT2D eigenvalue weighted by molar-refractivity contribution is 5.33. The van der Waals surface area contributed by atoms with Crippen molar-refractivity contribution in [3.8, 4) is 11.8 Å². The summed E-state index contributed by atoms with van der Waals surface area (Å²) in [5.74, 6) is 0.288. The van der Waals surface area contributed by atoms with E-state index in [1.54, 1.807) is 20.1 Å². The van der Waals surface area contributed by atoms with Gasteiger partial charge < -0.3 is 9.84 Å². The van der Waals surface area contributed by atoms with Crippen molar-refractivity contribution in [3.63, 3.8) is 0 Å². The maximum Gasteiger partial charge on any atom is 0.119 e. The number of nitrogens with zero attached hydrogens (tertiary/aromatic N) is 1. The number of methoxy groups -OCH3 is 1. The summed E-state index contributed by atoms with van der Waals surface area (Å²) < 4.78 is 5.13. The monoisotopic (exact) mass is 233 g/mol. The number of hydrogen-bond donors (Lipinski definition) is 1. The summed E-state index contributed by atoms with van der Waals surface area (Å²) in [7, 11) is 1.58. The van der Waals surface area contributed by atoms with Crippen molar-refractivity contribution >= 4 is 0 Å². The zero-order valence-corrected chi connectivity index (χ0v) is 10.6. The molecule has 1 rings (SSSR count). The molecule has 2 atom stereocenters. The molecule has 0 aliphatic heterocycles. The van der Waals surface area contributed by atoms with Crippen LogP contribution in [-0.2, 0) is 5.60 Å². The van der Waals surface area contributed by atoms with Gasteiger partial charge in [-0.05, 0) is 31.0 Å². The molecule has 0 saturated carbocycles. The molecule has 0 saturated heterocycles. The minimum atomic E-state index is -1.14. The Labute approximate surface area is 103 Å². The Morgan fingerprint density at radius 1 is 1.53 bits per heavy atom. The molecule has 92 valence electrons. The maximum absolute atomic E-state index is 10.5. The third-order valence-electron chi connectivity index (χ3n) is 3.07. The number of ether oxygens (including phenoxy) is 1. The number of aliphatic hydroxyl groups is 1. The van der Waals surface area contributed by atoms with E-state index in [1.807, 2.05) is 25.1 Å². The van der Waals surface area contributed by atoms with Crippen LogP contribution in [0.4, 0.5) is 0 Å². The summed E-state index contributed by atoms with van der Waals surface area (Å²) in [6.07, 6.45) is 1.55. The van der Waals surface area contributed by atoms with Crippen LogP contribution in [0.2, 0.25) is 0 Å². The largest absolute Gasteiger partial charge is 0.497 e. The van der Waals surface area contributed by atoms with Gasteiger partial charge in [0.1, 0.15) is 11.4 Å². The molecule has 0 heterocycles.